The number of cyclic esters (lactones) is 1. The molecule has 3 aliphatic heterocycles. The average Bonchev–Trinajstić information content (AvgIpc) is 3.95. The van der Waals surface area contributed by atoms with Crippen LogP contribution in [0, 0.1) is 11.8 Å². The smallest absolute Gasteiger partial charge is 0.410 e. The second-order valence-electron chi connectivity index (χ2n) is 13.8. The first-order valence-corrected chi connectivity index (χ1v) is 18.3. The zero-order valence-electron chi connectivity index (χ0n) is 27.7. The number of benzene rings is 1. The van der Waals surface area contributed by atoms with E-state index >= 15 is 0 Å². The monoisotopic (exact) mass is 697 g/mol. The van der Waals surface area contributed by atoms with E-state index in [0.717, 1.165) is 16.7 Å². The van der Waals surface area contributed by atoms with Crippen LogP contribution in [0.4, 0.5) is 9.59 Å². The van der Waals surface area contributed by atoms with Gasteiger partial charge in [-0.05, 0) is 54.7 Å². The van der Waals surface area contributed by atoms with Gasteiger partial charge in [-0.15, -0.1) is 6.58 Å². The number of allylic oxidation sites excluding steroid dienone is 1. The van der Waals surface area contributed by atoms with Crippen molar-refractivity contribution in [3.05, 3.63) is 53.6 Å². The van der Waals surface area contributed by atoms with Crippen LogP contribution < -0.4 is 15.4 Å². The molecule has 3 heterocycles. The number of amides is 5. The van der Waals surface area contributed by atoms with E-state index in [0.29, 0.717) is 38.8 Å². The summed E-state index contributed by atoms with van der Waals surface area (Å²) in [5, 5.41) is 4.71. The summed E-state index contributed by atoms with van der Waals surface area (Å²) in [5.74, 6) is -3.11. The molecule has 0 aromatic heterocycles. The number of ether oxygens (including phenoxy) is 2. The molecule has 4 bridgehead atoms. The normalized spacial score (nSPS) is 29.5. The van der Waals surface area contributed by atoms with Crippen molar-refractivity contribution >= 4 is 46.0 Å². The number of rotatable bonds is 7. The van der Waals surface area contributed by atoms with Crippen LogP contribution in [0.1, 0.15) is 69.1 Å². The van der Waals surface area contributed by atoms with E-state index in [1.807, 2.05) is 30.4 Å². The number of alkyl carbamates (subject to hydrolysis) is 1. The van der Waals surface area contributed by atoms with Crippen molar-refractivity contribution in [2.24, 2.45) is 11.8 Å². The Hall–Kier alpha value is -4.40. The molecule has 264 valence electrons. The Morgan fingerprint density at radius 2 is 1.94 bits per heavy atom. The third kappa shape index (κ3) is 7.17. The lowest BCUT2D eigenvalue weighted by molar-refractivity contribution is -0.141. The minimum Gasteiger partial charge on any atom is -0.450 e. The van der Waals surface area contributed by atoms with Crippen molar-refractivity contribution in [2.45, 2.75) is 94.4 Å². The maximum Gasteiger partial charge on any atom is 0.410 e. The average molecular weight is 698 g/mol. The maximum absolute atomic E-state index is 14.1. The second-order valence-corrected chi connectivity index (χ2v) is 15.8. The number of carbonyl (C=O) groups excluding carboxylic acids is 5. The molecule has 2 aliphatic carbocycles. The molecule has 5 amide bonds. The standard InChI is InChI=1S/C34H43N5O9S/c1-4-23-16-34(23,31(42)37-49(45,46)25-12-13-25)36-29(40)27-15-24-18-39(27)30(41)28(20(2)3)35-32(43)47-14-7-5-6-9-21-10-8-11-22-17-38(19-26(21)22)33(44)48-24/h4,6,8-11,20,23-25,27-28H,1,5,7,12-19H2,2-3H3,(H,35,43)(H,36,40)(H,37,42)/b9-6-/t23-,24-,27+,28+,34+/m1/s1. The van der Waals surface area contributed by atoms with Crippen LogP contribution >= 0.6 is 0 Å². The van der Waals surface area contributed by atoms with Crippen LogP contribution in [0.5, 0.6) is 0 Å². The van der Waals surface area contributed by atoms with Gasteiger partial charge in [-0.25, -0.2) is 18.0 Å². The van der Waals surface area contributed by atoms with Gasteiger partial charge in [0, 0.05) is 18.9 Å². The van der Waals surface area contributed by atoms with Gasteiger partial charge in [0.2, 0.25) is 21.8 Å². The molecule has 0 radical (unpaired) electrons. The van der Waals surface area contributed by atoms with E-state index in [1.165, 1.54) is 11.0 Å². The summed E-state index contributed by atoms with van der Waals surface area (Å²) in [7, 11) is -3.90. The minimum atomic E-state index is -3.90. The number of fused-ring (bicyclic) bond motifs is 3. The van der Waals surface area contributed by atoms with Gasteiger partial charge in [-0.3, -0.25) is 24.0 Å². The van der Waals surface area contributed by atoms with Gasteiger partial charge < -0.3 is 25.0 Å². The summed E-state index contributed by atoms with van der Waals surface area (Å²) in [6.45, 7) is 7.87. The van der Waals surface area contributed by atoms with E-state index in [2.05, 4.69) is 21.9 Å². The molecule has 5 atom stereocenters. The van der Waals surface area contributed by atoms with Gasteiger partial charge in [0.25, 0.3) is 5.91 Å². The van der Waals surface area contributed by atoms with Gasteiger partial charge in [0.1, 0.15) is 23.7 Å². The van der Waals surface area contributed by atoms with Gasteiger partial charge in [0.15, 0.2) is 0 Å². The molecule has 1 aromatic rings. The number of hydrogen-bond acceptors (Lipinski definition) is 9. The third-order valence-electron chi connectivity index (χ3n) is 9.89. The highest BCUT2D eigenvalue weighted by molar-refractivity contribution is 7.91. The Morgan fingerprint density at radius 3 is 2.63 bits per heavy atom. The highest BCUT2D eigenvalue weighted by Crippen LogP contribution is 2.45. The Labute approximate surface area is 285 Å². The minimum absolute atomic E-state index is 0.0792. The van der Waals surface area contributed by atoms with Crippen LogP contribution in [0.2, 0.25) is 0 Å². The number of nitrogens with zero attached hydrogens (tertiary/aromatic N) is 2. The second kappa shape index (κ2) is 13.5. The molecule has 3 fully saturated rings. The molecule has 0 unspecified atom stereocenters. The Kier molecular flexibility index (Phi) is 9.48. The van der Waals surface area contributed by atoms with E-state index in [1.54, 1.807) is 18.7 Å². The Balaban J connectivity index is 1.26. The molecule has 15 heteroatoms. The molecule has 3 N–H and O–H groups in total. The molecule has 6 rings (SSSR count). The summed E-state index contributed by atoms with van der Waals surface area (Å²) in [5.41, 5.74) is 1.39. The highest BCUT2D eigenvalue weighted by atomic mass is 32.2. The van der Waals surface area contributed by atoms with Crippen molar-refractivity contribution in [1.29, 1.82) is 0 Å². The van der Waals surface area contributed by atoms with Gasteiger partial charge in [-0.1, -0.05) is 50.3 Å². The fourth-order valence-corrected chi connectivity index (χ4v) is 8.15. The quantitative estimate of drug-likeness (QED) is 0.361. The van der Waals surface area contributed by atoms with E-state index in [-0.39, 0.29) is 26.0 Å². The van der Waals surface area contributed by atoms with Crippen molar-refractivity contribution in [1.82, 2.24) is 25.2 Å². The zero-order valence-corrected chi connectivity index (χ0v) is 28.5. The summed E-state index contributed by atoms with van der Waals surface area (Å²) >= 11 is 0. The summed E-state index contributed by atoms with van der Waals surface area (Å²) < 4.78 is 38.6. The summed E-state index contributed by atoms with van der Waals surface area (Å²) in [6.07, 6.45) is 5.33. The Morgan fingerprint density at radius 1 is 1.16 bits per heavy atom. The van der Waals surface area contributed by atoms with Crippen molar-refractivity contribution < 1.29 is 41.9 Å². The van der Waals surface area contributed by atoms with Crippen LogP contribution in [-0.2, 0) is 47.0 Å². The van der Waals surface area contributed by atoms with Gasteiger partial charge >= 0.3 is 12.2 Å². The van der Waals surface area contributed by atoms with E-state index in [9.17, 15) is 32.4 Å². The molecule has 5 aliphatic rings. The van der Waals surface area contributed by atoms with Crippen molar-refractivity contribution in [2.75, 3.05) is 13.2 Å². The molecule has 1 aromatic carbocycles. The van der Waals surface area contributed by atoms with Crippen molar-refractivity contribution in [3.8, 4) is 0 Å². The highest BCUT2D eigenvalue weighted by Gasteiger charge is 2.62. The molecule has 2 saturated carbocycles. The van der Waals surface area contributed by atoms with Crippen LogP contribution in [-0.4, -0.2) is 90.3 Å². The number of sulfonamides is 1. The predicted molar refractivity (Wildman–Crippen MR) is 177 cm³/mol. The molecule has 0 spiro atoms. The molecule has 1 saturated heterocycles. The predicted octanol–water partition coefficient (Wildman–Crippen LogP) is 2.34. The lowest BCUT2D eigenvalue weighted by atomic mass is 10.0. The fraction of sp³-hybridized carbons (Fsp3) is 0.559. The summed E-state index contributed by atoms with van der Waals surface area (Å²) in [4.78, 5) is 70.6. The van der Waals surface area contributed by atoms with Gasteiger partial charge in [0.05, 0.1) is 24.9 Å². The summed E-state index contributed by atoms with van der Waals surface area (Å²) in [6, 6.07) is 3.58. The van der Waals surface area contributed by atoms with Crippen molar-refractivity contribution in [3.63, 3.8) is 0 Å². The van der Waals surface area contributed by atoms with Gasteiger partial charge in [-0.2, -0.15) is 0 Å². The first-order valence-electron chi connectivity index (χ1n) is 16.8. The fourth-order valence-electron chi connectivity index (χ4n) is 6.78. The maximum atomic E-state index is 14.1. The number of nitrogens with one attached hydrogen (secondary N) is 3. The lowest BCUT2D eigenvalue weighted by Gasteiger charge is -2.31. The van der Waals surface area contributed by atoms with Crippen LogP contribution in [0.15, 0.2) is 36.9 Å². The molecule has 49 heavy (non-hydrogen) atoms. The SMILES string of the molecule is C=C[C@@H]1C[C@@]1(NC(=O)[C@@H]1C[C@@H]2CN1C(=O)[C@H](C(C)C)NC(=O)OCCC/C=C\c1cccc3c1CN(C3)C(=O)O2)C(=O)NS(=O)(=O)C1CC1. The van der Waals surface area contributed by atoms with E-state index < -0.39 is 80.7 Å². The largest absolute Gasteiger partial charge is 0.450 e. The number of hydrogen-bond donors (Lipinski definition) is 3. The molecule has 14 nitrogen and oxygen atoms in total. The molecular formula is C34H43N5O9S. The third-order valence-corrected chi connectivity index (χ3v) is 11.7. The molecular weight excluding hydrogens is 654 g/mol. The lowest BCUT2D eigenvalue weighted by Crippen LogP contribution is -2.59. The van der Waals surface area contributed by atoms with E-state index in [4.69, 9.17) is 9.47 Å². The Bertz CT molecular complexity index is 1690. The first-order chi connectivity index (χ1) is 23.3. The number of carbonyl (C=O) groups is 5. The first kappa shape index (κ1) is 34.5. The topological polar surface area (TPSA) is 181 Å². The van der Waals surface area contributed by atoms with Crippen LogP contribution in [0.3, 0.4) is 0 Å². The zero-order chi connectivity index (χ0) is 35.1. The van der Waals surface area contributed by atoms with Crippen LogP contribution in [0.25, 0.3) is 6.08 Å².